The molecule has 0 radical (unpaired) electrons. The van der Waals surface area contributed by atoms with E-state index < -0.39 is 0 Å². The molecule has 1 aromatic carbocycles. The molecule has 2 nitrogen and oxygen atoms in total. The van der Waals surface area contributed by atoms with Gasteiger partial charge >= 0.3 is 0 Å². The van der Waals surface area contributed by atoms with Crippen LogP contribution in [0.25, 0.3) is 0 Å². The molecule has 1 saturated heterocycles. The monoisotopic (exact) mass is 203 g/mol. The first-order valence-corrected chi connectivity index (χ1v) is 5.64. The van der Waals surface area contributed by atoms with Crippen molar-refractivity contribution < 1.29 is 4.79 Å². The van der Waals surface area contributed by atoms with Gasteiger partial charge in [0.15, 0.2) is 0 Å². The summed E-state index contributed by atoms with van der Waals surface area (Å²) >= 11 is 0. The van der Waals surface area contributed by atoms with Crippen LogP contribution in [0.5, 0.6) is 0 Å². The van der Waals surface area contributed by atoms with Gasteiger partial charge in [0, 0.05) is 6.42 Å². The number of rotatable bonds is 3. The van der Waals surface area contributed by atoms with Crippen LogP contribution in [0.2, 0.25) is 0 Å². The van der Waals surface area contributed by atoms with Gasteiger partial charge in [0.2, 0.25) is 0 Å². The zero-order chi connectivity index (χ0) is 10.5. The van der Waals surface area contributed by atoms with E-state index >= 15 is 0 Å². The molecular weight excluding hydrogens is 186 g/mol. The van der Waals surface area contributed by atoms with Gasteiger partial charge in [0.1, 0.15) is 6.29 Å². The van der Waals surface area contributed by atoms with Crippen LogP contribution in [0.15, 0.2) is 24.3 Å². The van der Waals surface area contributed by atoms with Gasteiger partial charge in [0.25, 0.3) is 0 Å². The maximum absolute atomic E-state index is 10.6. The molecule has 0 aliphatic carbocycles. The smallest absolute Gasteiger partial charge is 0.124 e. The van der Waals surface area contributed by atoms with Crippen molar-refractivity contribution in [1.29, 1.82) is 0 Å². The van der Waals surface area contributed by atoms with Crippen LogP contribution < -0.4 is 5.32 Å². The zero-order valence-electron chi connectivity index (χ0n) is 8.91. The molecule has 2 rings (SSSR count). The molecule has 0 spiro atoms. The molecule has 15 heavy (non-hydrogen) atoms. The minimum absolute atomic E-state index is 0.556. The summed E-state index contributed by atoms with van der Waals surface area (Å²) in [7, 11) is 0. The highest BCUT2D eigenvalue weighted by Crippen LogP contribution is 2.27. The van der Waals surface area contributed by atoms with Gasteiger partial charge in [-0.3, -0.25) is 0 Å². The van der Waals surface area contributed by atoms with Crippen LogP contribution >= 0.6 is 0 Å². The van der Waals surface area contributed by atoms with Crippen LogP contribution in [0.4, 0.5) is 0 Å². The zero-order valence-corrected chi connectivity index (χ0v) is 8.91. The summed E-state index contributed by atoms with van der Waals surface area (Å²) in [5.74, 6) is 0.641. The maximum Gasteiger partial charge on any atom is 0.124 e. The molecule has 1 aliphatic rings. The number of hydrogen-bond donors (Lipinski definition) is 1. The molecule has 1 fully saturated rings. The molecule has 0 saturated carbocycles. The number of piperidine rings is 1. The Morgan fingerprint density at radius 3 is 2.73 bits per heavy atom. The Kier molecular flexibility index (Phi) is 3.51. The van der Waals surface area contributed by atoms with E-state index in [4.69, 9.17) is 0 Å². The molecule has 1 aliphatic heterocycles. The van der Waals surface area contributed by atoms with Gasteiger partial charge in [0.05, 0.1) is 0 Å². The Balaban J connectivity index is 2.20. The van der Waals surface area contributed by atoms with Crippen molar-refractivity contribution in [3.8, 4) is 0 Å². The lowest BCUT2D eigenvalue weighted by Crippen LogP contribution is -2.27. The first-order valence-electron chi connectivity index (χ1n) is 5.64. The lowest BCUT2D eigenvalue weighted by Gasteiger charge is -2.24. The van der Waals surface area contributed by atoms with Crippen LogP contribution in [0.1, 0.15) is 29.9 Å². The number of aldehydes is 1. The van der Waals surface area contributed by atoms with E-state index in [1.54, 1.807) is 0 Å². The van der Waals surface area contributed by atoms with Crippen molar-refractivity contribution in [3.05, 3.63) is 35.4 Å². The summed E-state index contributed by atoms with van der Waals surface area (Å²) in [5, 5.41) is 3.37. The third-order valence-electron chi connectivity index (χ3n) is 3.14. The fourth-order valence-electron chi connectivity index (χ4n) is 2.34. The van der Waals surface area contributed by atoms with Gasteiger partial charge in [-0.25, -0.2) is 0 Å². The fraction of sp³-hybridized carbons (Fsp3) is 0.462. The molecule has 1 aromatic rings. The summed E-state index contributed by atoms with van der Waals surface area (Å²) in [4.78, 5) is 10.6. The third kappa shape index (κ3) is 2.45. The van der Waals surface area contributed by atoms with E-state index in [-0.39, 0.29) is 0 Å². The van der Waals surface area contributed by atoms with Crippen molar-refractivity contribution in [3.63, 3.8) is 0 Å². The van der Waals surface area contributed by atoms with Crippen LogP contribution in [0, 0.1) is 0 Å². The van der Waals surface area contributed by atoms with E-state index in [9.17, 15) is 4.79 Å². The highest BCUT2D eigenvalue weighted by Gasteiger charge is 2.17. The van der Waals surface area contributed by atoms with Gasteiger partial charge in [-0.2, -0.15) is 0 Å². The second-order valence-electron chi connectivity index (χ2n) is 4.09. The first-order chi connectivity index (χ1) is 7.42. The van der Waals surface area contributed by atoms with Crippen molar-refractivity contribution in [2.24, 2.45) is 0 Å². The average Bonchev–Trinajstić information content (AvgIpc) is 2.31. The van der Waals surface area contributed by atoms with E-state index in [0.29, 0.717) is 12.3 Å². The molecule has 2 heteroatoms. The van der Waals surface area contributed by atoms with E-state index in [1.807, 2.05) is 6.07 Å². The Morgan fingerprint density at radius 2 is 2.00 bits per heavy atom. The van der Waals surface area contributed by atoms with E-state index in [0.717, 1.165) is 19.4 Å². The number of carbonyl (C=O) groups is 1. The summed E-state index contributed by atoms with van der Waals surface area (Å²) in [5.41, 5.74) is 2.59. The summed E-state index contributed by atoms with van der Waals surface area (Å²) in [6.45, 7) is 2.19. The molecule has 0 amide bonds. The second kappa shape index (κ2) is 5.08. The Hall–Kier alpha value is -1.15. The highest BCUT2D eigenvalue weighted by atomic mass is 16.1. The average molecular weight is 203 g/mol. The molecule has 0 bridgehead atoms. The number of carbonyl (C=O) groups excluding carboxylic acids is 1. The molecular formula is C13H17NO. The first kappa shape index (κ1) is 10.4. The summed E-state index contributed by atoms with van der Waals surface area (Å²) in [6.07, 6.45) is 3.94. The van der Waals surface area contributed by atoms with Gasteiger partial charge in [-0.15, -0.1) is 0 Å². The number of hydrogen-bond acceptors (Lipinski definition) is 2. The summed E-state index contributed by atoms with van der Waals surface area (Å²) in [6, 6.07) is 8.34. The van der Waals surface area contributed by atoms with Crippen LogP contribution in [0.3, 0.4) is 0 Å². The molecule has 0 unspecified atom stereocenters. The fourth-order valence-corrected chi connectivity index (χ4v) is 2.34. The Morgan fingerprint density at radius 1 is 1.27 bits per heavy atom. The minimum atomic E-state index is 0.556. The van der Waals surface area contributed by atoms with E-state index in [2.05, 4.69) is 23.5 Å². The number of benzene rings is 1. The SMILES string of the molecule is O=CCc1ccccc1C1CCNCC1. The normalized spacial score (nSPS) is 17.6. The van der Waals surface area contributed by atoms with Crippen molar-refractivity contribution in [1.82, 2.24) is 5.32 Å². The van der Waals surface area contributed by atoms with Crippen LogP contribution in [-0.4, -0.2) is 19.4 Å². The van der Waals surface area contributed by atoms with E-state index in [1.165, 1.54) is 24.0 Å². The predicted molar refractivity (Wildman–Crippen MR) is 61.1 cm³/mol. The minimum Gasteiger partial charge on any atom is -0.317 e. The Bertz CT molecular complexity index is 329. The quantitative estimate of drug-likeness (QED) is 0.760. The van der Waals surface area contributed by atoms with Crippen molar-refractivity contribution in [2.45, 2.75) is 25.2 Å². The number of nitrogens with one attached hydrogen (secondary N) is 1. The van der Waals surface area contributed by atoms with Crippen molar-refractivity contribution >= 4 is 6.29 Å². The molecule has 1 N–H and O–H groups in total. The van der Waals surface area contributed by atoms with Gasteiger partial charge < -0.3 is 10.1 Å². The molecule has 0 atom stereocenters. The largest absolute Gasteiger partial charge is 0.317 e. The lowest BCUT2D eigenvalue weighted by molar-refractivity contribution is -0.107. The predicted octanol–water partition coefficient (Wildman–Crippen LogP) is 1.89. The second-order valence-corrected chi connectivity index (χ2v) is 4.09. The van der Waals surface area contributed by atoms with Gasteiger partial charge in [-0.05, 0) is 43.0 Å². The molecule has 0 aromatic heterocycles. The van der Waals surface area contributed by atoms with Gasteiger partial charge in [-0.1, -0.05) is 24.3 Å². The Labute approximate surface area is 90.7 Å². The molecule has 1 heterocycles. The topological polar surface area (TPSA) is 29.1 Å². The molecule has 80 valence electrons. The van der Waals surface area contributed by atoms with Crippen LogP contribution in [-0.2, 0) is 11.2 Å². The summed E-state index contributed by atoms with van der Waals surface area (Å²) < 4.78 is 0. The lowest BCUT2D eigenvalue weighted by atomic mass is 9.86. The van der Waals surface area contributed by atoms with Crippen molar-refractivity contribution in [2.75, 3.05) is 13.1 Å². The standard InChI is InChI=1S/C13H17NO/c15-10-7-11-3-1-2-4-13(11)12-5-8-14-9-6-12/h1-4,10,12,14H,5-9H2. The third-order valence-corrected chi connectivity index (χ3v) is 3.14. The maximum atomic E-state index is 10.6. The highest BCUT2D eigenvalue weighted by molar-refractivity contribution is 5.56.